The zero-order chi connectivity index (χ0) is 12.4. The highest BCUT2D eigenvalue weighted by atomic mass is 16.3. The summed E-state index contributed by atoms with van der Waals surface area (Å²) in [6.45, 7) is 2.47. The molecule has 1 unspecified atom stereocenters. The minimum Gasteiger partial charge on any atom is -0.508 e. The Balaban J connectivity index is 2.21. The van der Waals surface area contributed by atoms with Crippen LogP contribution >= 0.6 is 0 Å². The van der Waals surface area contributed by atoms with Gasteiger partial charge in [-0.25, -0.2) is 0 Å². The average molecular weight is 235 g/mol. The topological polar surface area (TPSA) is 60.8 Å². The maximum Gasteiger partial charge on any atom is 0.254 e. The van der Waals surface area contributed by atoms with Gasteiger partial charge < -0.3 is 15.1 Å². The number of phenols is 1. The number of hydrogen-bond acceptors (Lipinski definition) is 3. The number of carbonyl (C=O) groups is 1. The number of likely N-dealkylation sites (tertiary alicyclic amines) is 1. The zero-order valence-corrected chi connectivity index (χ0v) is 9.89. The van der Waals surface area contributed by atoms with Crippen molar-refractivity contribution < 1.29 is 15.0 Å². The van der Waals surface area contributed by atoms with Gasteiger partial charge in [-0.05, 0) is 37.5 Å². The van der Waals surface area contributed by atoms with Crippen LogP contribution in [0.25, 0.3) is 0 Å². The molecule has 2 N–H and O–H groups in total. The summed E-state index contributed by atoms with van der Waals surface area (Å²) in [7, 11) is 0. The van der Waals surface area contributed by atoms with Gasteiger partial charge in [-0.1, -0.05) is 6.07 Å². The average Bonchev–Trinajstić information content (AvgIpc) is 2.80. The molecule has 1 aromatic carbocycles. The lowest BCUT2D eigenvalue weighted by Crippen LogP contribution is -2.37. The van der Waals surface area contributed by atoms with Crippen molar-refractivity contribution in [3.8, 4) is 5.75 Å². The Kier molecular flexibility index (Phi) is 3.33. The lowest BCUT2D eigenvalue weighted by Gasteiger charge is -2.23. The standard InChI is InChI=1S/C13H17NO3/c1-9-4-5-10(7-12(9)16)13(17)14-6-2-3-11(14)8-15/h4-5,7,11,15-16H,2-3,6,8H2,1H3. The van der Waals surface area contributed by atoms with E-state index in [2.05, 4.69) is 0 Å². The van der Waals surface area contributed by atoms with Crippen LogP contribution in [-0.2, 0) is 0 Å². The predicted molar refractivity (Wildman–Crippen MR) is 64.0 cm³/mol. The van der Waals surface area contributed by atoms with Crippen LogP contribution in [0.3, 0.4) is 0 Å². The fourth-order valence-corrected chi connectivity index (χ4v) is 2.20. The smallest absolute Gasteiger partial charge is 0.254 e. The van der Waals surface area contributed by atoms with Crippen LogP contribution in [-0.4, -0.2) is 40.2 Å². The highest BCUT2D eigenvalue weighted by Crippen LogP contribution is 2.23. The van der Waals surface area contributed by atoms with Gasteiger partial charge in [-0.3, -0.25) is 4.79 Å². The molecule has 0 saturated carbocycles. The Labute approximate surface area is 100 Å². The highest BCUT2D eigenvalue weighted by molar-refractivity contribution is 5.95. The van der Waals surface area contributed by atoms with Gasteiger partial charge in [0.2, 0.25) is 0 Å². The molecule has 1 aliphatic rings. The largest absolute Gasteiger partial charge is 0.508 e. The Morgan fingerprint density at radius 3 is 2.94 bits per heavy atom. The molecule has 17 heavy (non-hydrogen) atoms. The molecule has 92 valence electrons. The minimum atomic E-state index is -0.114. The van der Waals surface area contributed by atoms with E-state index in [0.717, 1.165) is 18.4 Å². The van der Waals surface area contributed by atoms with Gasteiger partial charge in [0.1, 0.15) is 5.75 Å². The summed E-state index contributed by atoms with van der Waals surface area (Å²) < 4.78 is 0. The van der Waals surface area contributed by atoms with E-state index >= 15 is 0 Å². The van der Waals surface area contributed by atoms with E-state index in [9.17, 15) is 15.0 Å². The highest BCUT2D eigenvalue weighted by Gasteiger charge is 2.28. The summed E-state index contributed by atoms with van der Waals surface area (Å²) in [5, 5.41) is 18.8. The number of aliphatic hydroxyl groups is 1. The maximum atomic E-state index is 12.2. The first-order valence-corrected chi connectivity index (χ1v) is 5.85. The Morgan fingerprint density at radius 2 is 2.29 bits per heavy atom. The fourth-order valence-electron chi connectivity index (χ4n) is 2.20. The summed E-state index contributed by atoms with van der Waals surface area (Å²) in [5.74, 6) is 0.0208. The number of phenolic OH excluding ortho intramolecular Hbond substituents is 1. The normalized spacial score (nSPS) is 19.6. The van der Waals surface area contributed by atoms with Gasteiger partial charge in [0, 0.05) is 12.1 Å². The van der Waals surface area contributed by atoms with Crippen molar-refractivity contribution >= 4 is 5.91 Å². The quantitative estimate of drug-likeness (QED) is 0.812. The third-order valence-electron chi connectivity index (χ3n) is 3.30. The second kappa shape index (κ2) is 4.75. The number of rotatable bonds is 2. The van der Waals surface area contributed by atoms with E-state index in [1.165, 1.54) is 6.07 Å². The molecule has 4 heteroatoms. The molecule has 0 spiro atoms. The van der Waals surface area contributed by atoms with E-state index < -0.39 is 0 Å². The van der Waals surface area contributed by atoms with E-state index in [1.54, 1.807) is 24.0 Å². The van der Waals surface area contributed by atoms with Crippen molar-refractivity contribution in [3.63, 3.8) is 0 Å². The van der Waals surface area contributed by atoms with Gasteiger partial charge in [0.05, 0.1) is 12.6 Å². The molecule has 1 aliphatic heterocycles. The maximum absolute atomic E-state index is 12.2. The van der Waals surface area contributed by atoms with Crippen LogP contribution in [0.5, 0.6) is 5.75 Å². The van der Waals surface area contributed by atoms with Crippen molar-refractivity contribution in [2.24, 2.45) is 0 Å². The van der Waals surface area contributed by atoms with Crippen LogP contribution in [0.15, 0.2) is 18.2 Å². The van der Waals surface area contributed by atoms with Gasteiger partial charge in [-0.2, -0.15) is 0 Å². The molecule has 1 fully saturated rings. The van der Waals surface area contributed by atoms with Crippen LogP contribution in [0, 0.1) is 6.92 Å². The van der Waals surface area contributed by atoms with Crippen molar-refractivity contribution in [1.29, 1.82) is 0 Å². The number of benzene rings is 1. The first kappa shape index (κ1) is 11.9. The fraction of sp³-hybridized carbons (Fsp3) is 0.462. The Hall–Kier alpha value is -1.55. The lowest BCUT2D eigenvalue weighted by atomic mass is 10.1. The summed E-state index contributed by atoms with van der Waals surface area (Å²) in [4.78, 5) is 13.9. The number of hydrogen-bond donors (Lipinski definition) is 2. The van der Waals surface area contributed by atoms with Gasteiger partial charge in [-0.15, -0.1) is 0 Å². The predicted octanol–water partition coefficient (Wildman–Crippen LogP) is 1.30. The third kappa shape index (κ3) is 2.26. The van der Waals surface area contributed by atoms with Crippen LogP contribution < -0.4 is 0 Å². The summed E-state index contributed by atoms with van der Waals surface area (Å²) in [5.41, 5.74) is 1.23. The van der Waals surface area contributed by atoms with Gasteiger partial charge >= 0.3 is 0 Å². The number of aryl methyl sites for hydroxylation is 1. The number of aromatic hydroxyl groups is 1. The van der Waals surface area contributed by atoms with Crippen LogP contribution in [0.1, 0.15) is 28.8 Å². The number of amides is 1. The van der Waals surface area contributed by atoms with Crippen LogP contribution in [0.4, 0.5) is 0 Å². The summed E-state index contributed by atoms with van der Waals surface area (Å²) >= 11 is 0. The molecule has 1 heterocycles. The molecule has 0 radical (unpaired) electrons. The zero-order valence-electron chi connectivity index (χ0n) is 9.89. The molecule has 1 saturated heterocycles. The molecule has 4 nitrogen and oxygen atoms in total. The molecular formula is C13H17NO3. The van der Waals surface area contributed by atoms with E-state index in [-0.39, 0.29) is 24.3 Å². The molecule has 0 aliphatic carbocycles. The molecule has 0 aromatic heterocycles. The summed E-state index contributed by atoms with van der Waals surface area (Å²) in [6.07, 6.45) is 1.77. The SMILES string of the molecule is Cc1ccc(C(=O)N2CCCC2CO)cc1O. The second-order valence-electron chi connectivity index (χ2n) is 4.48. The number of carbonyl (C=O) groups excluding carboxylic acids is 1. The van der Waals surface area contributed by atoms with Crippen molar-refractivity contribution in [1.82, 2.24) is 4.90 Å². The van der Waals surface area contributed by atoms with Crippen LogP contribution in [0.2, 0.25) is 0 Å². The Bertz CT molecular complexity index is 431. The second-order valence-corrected chi connectivity index (χ2v) is 4.48. The number of nitrogens with zero attached hydrogens (tertiary/aromatic N) is 1. The monoisotopic (exact) mass is 235 g/mol. The third-order valence-corrected chi connectivity index (χ3v) is 3.30. The van der Waals surface area contributed by atoms with Crippen molar-refractivity contribution in [2.75, 3.05) is 13.2 Å². The minimum absolute atomic E-state index is 0.00356. The van der Waals surface area contributed by atoms with E-state index in [0.29, 0.717) is 12.1 Å². The van der Waals surface area contributed by atoms with Crippen molar-refractivity contribution in [3.05, 3.63) is 29.3 Å². The molecule has 1 amide bonds. The first-order chi connectivity index (χ1) is 8.13. The lowest BCUT2D eigenvalue weighted by molar-refractivity contribution is 0.0677. The molecular weight excluding hydrogens is 218 g/mol. The summed E-state index contributed by atoms with van der Waals surface area (Å²) in [6, 6.07) is 4.85. The van der Waals surface area contributed by atoms with E-state index in [4.69, 9.17) is 0 Å². The first-order valence-electron chi connectivity index (χ1n) is 5.85. The molecule has 1 atom stereocenters. The van der Waals surface area contributed by atoms with Crippen molar-refractivity contribution in [2.45, 2.75) is 25.8 Å². The van der Waals surface area contributed by atoms with Gasteiger partial charge in [0.15, 0.2) is 0 Å². The molecule has 1 aromatic rings. The van der Waals surface area contributed by atoms with Gasteiger partial charge in [0.25, 0.3) is 5.91 Å². The Morgan fingerprint density at radius 1 is 1.53 bits per heavy atom. The number of aliphatic hydroxyl groups excluding tert-OH is 1. The van der Waals surface area contributed by atoms with E-state index in [1.807, 2.05) is 0 Å². The molecule has 0 bridgehead atoms. The molecule has 2 rings (SSSR count).